The molecule has 1 heterocycles. The number of nitrogens with zero attached hydrogens (tertiary/aromatic N) is 1. The summed E-state index contributed by atoms with van der Waals surface area (Å²) < 4.78 is 31.5. The van der Waals surface area contributed by atoms with Crippen molar-refractivity contribution < 1.29 is 13.2 Å². The van der Waals surface area contributed by atoms with Crippen molar-refractivity contribution >= 4 is 15.7 Å². The van der Waals surface area contributed by atoms with Gasteiger partial charge in [0.05, 0.1) is 24.2 Å². The summed E-state index contributed by atoms with van der Waals surface area (Å²) in [6, 6.07) is 4.29. The van der Waals surface area contributed by atoms with E-state index in [0.29, 0.717) is 11.6 Å². The Kier molecular flexibility index (Phi) is 3.72. The summed E-state index contributed by atoms with van der Waals surface area (Å²) in [5.74, 6) is 0.968. The maximum absolute atomic E-state index is 12.0. The van der Waals surface area contributed by atoms with Crippen molar-refractivity contribution in [1.29, 1.82) is 0 Å². The first kappa shape index (κ1) is 13.4. The van der Waals surface area contributed by atoms with Crippen LogP contribution in [0.1, 0.15) is 5.82 Å². The fourth-order valence-electron chi connectivity index (χ4n) is 1.52. The summed E-state index contributed by atoms with van der Waals surface area (Å²) >= 11 is 0. The largest absolute Gasteiger partial charge is 0.495 e. The van der Waals surface area contributed by atoms with Crippen LogP contribution in [0.5, 0.6) is 5.75 Å². The van der Waals surface area contributed by atoms with Crippen LogP contribution < -0.4 is 15.2 Å². The number of hydrogen-bond acceptors (Lipinski definition) is 5. The zero-order valence-corrected chi connectivity index (χ0v) is 11.1. The van der Waals surface area contributed by atoms with E-state index in [0.717, 1.165) is 0 Å². The lowest BCUT2D eigenvalue weighted by Gasteiger charge is -2.08. The predicted octanol–water partition coefficient (Wildman–Crippen LogP) is 0.479. The van der Waals surface area contributed by atoms with E-state index >= 15 is 0 Å². The van der Waals surface area contributed by atoms with E-state index in [9.17, 15) is 8.42 Å². The van der Waals surface area contributed by atoms with Gasteiger partial charge in [-0.1, -0.05) is 0 Å². The van der Waals surface area contributed by atoms with Gasteiger partial charge in [0.15, 0.2) is 0 Å². The molecular formula is C11H14N4O3S. The molecule has 0 aliphatic rings. The highest BCUT2D eigenvalue weighted by Crippen LogP contribution is 2.24. The highest BCUT2D eigenvalue weighted by Gasteiger charge is 2.15. The van der Waals surface area contributed by atoms with Gasteiger partial charge in [0.2, 0.25) is 10.0 Å². The van der Waals surface area contributed by atoms with E-state index in [1.54, 1.807) is 12.4 Å². The number of hydrogen-bond donors (Lipinski definition) is 3. The van der Waals surface area contributed by atoms with Crippen LogP contribution in [-0.2, 0) is 16.6 Å². The standard InChI is InChI=1S/C11H14N4O3S/c1-18-10-3-2-8(6-9(10)12)19(16,17)15-7-11-13-4-5-14-11/h2-6,15H,7,12H2,1H3,(H,13,14). The van der Waals surface area contributed by atoms with Gasteiger partial charge in [-0.2, -0.15) is 0 Å². The van der Waals surface area contributed by atoms with E-state index in [-0.39, 0.29) is 17.1 Å². The summed E-state index contributed by atoms with van der Waals surface area (Å²) in [5.41, 5.74) is 5.95. The number of imidazole rings is 1. The molecule has 0 spiro atoms. The fraction of sp³-hybridized carbons (Fsp3) is 0.182. The molecule has 8 heteroatoms. The number of nitrogens with one attached hydrogen (secondary N) is 2. The average Bonchev–Trinajstić information content (AvgIpc) is 2.89. The van der Waals surface area contributed by atoms with Crippen LogP contribution >= 0.6 is 0 Å². The van der Waals surface area contributed by atoms with Crippen molar-refractivity contribution in [2.24, 2.45) is 0 Å². The highest BCUT2D eigenvalue weighted by atomic mass is 32.2. The van der Waals surface area contributed by atoms with Gasteiger partial charge in [-0.05, 0) is 18.2 Å². The number of ether oxygens (including phenoxy) is 1. The van der Waals surface area contributed by atoms with Gasteiger partial charge in [-0.15, -0.1) is 0 Å². The van der Waals surface area contributed by atoms with Gasteiger partial charge < -0.3 is 15.5 Å². The molecule has 19 heavy (non-hydrogen) atoms. The van der Waals surface area contributed by atoms with Crippen molar-refractivity contribution in [2.45, 2.75) is 11.4 Å². The number of anilines is 1. The third-order valence-corrected chi connectivity index (χ3v) is 3.89. The van der Waals surface area contributed by atoms with Crippen molar-refractivity contribution in [2.75, 3.05) is 12.8 Å². The second-order valence-corrected chi connectivity index (χ2v) is 5.53. The Morgan fingerprint density at radius 2 is 2.26 bits per heavy atom. The molecule has 102 valence electrons. The van der Waals surface area contributed by atoms with Crippen molar-refractivity contribution in [3.63, 3.8) is 0 Å². The number of sulfonamides is 1. The van der Waals surface area contributed by atoms with Gasteiger partial charge in [0, 0.05) is 12.4 Å². The molecule has 1 aromatic heterocycles. The smallest absolute Gasteiger partial charge is 0.241 e. The number of methoxy groups -OCH3 is 1. The van der Waals surface area contributed by atoms with Crippen molar-refractivity contribution in [3.05, 3.63) is 36.4 Å². The first-order valence-electron chi connectivity index (χ1n) is 5.44. The molecule has 0 saturated heterocycles. The Hall–Kier alpha value is -2.06. The van der Waals surface area contributed by atoms with Crippen LogP contribution in [-0.4, -0.2) is 25.5 Å². The molecule has 0 fully saturated rings. The Morgan fingerprint density at radius 3 is 2.84 bits per heavy atom. The van der Waals surface area contributed by atoms with Gasteiger partial charge in [-0.3, -0.25) is 0 Å². The van der Waals surface area contributed by atoms with Gasteiger partial charge in [-0.25, -0.2) is 18.1 Å². The lowest BCUT2D eigenvalue weighted by molar-refractivity contribution is 0.416. The van der Waals surface area contributed by atoms with Gasteiger partial charge in [0.25, 0.3) is 0 Å². The molecular weight excluding hydrogens is 268 g/mol. The normalized spacial score (nSPS) is 11.4. The second-order valence-electron chi connectivity index (χ2n) is 3.76. The molecule has 0 saturated carbocycles. The Morgan fingerprint density at radius 1 is 1.47 bits per heavy atom. The maximum atomic E-state index is 12.0. The summed E-state index contributed by atoms with van der Waals surface area (Å²) in [7, 11) is -2.16. The third-order valence-electron chi connectivity index (χ3n) is 2.50. The predicted molar refractivity (Wildman–Crippen MR) is 70.0 cm³/mol. The summed E-state index contributed by atoms with van der Waals surface area (Å²) in [6.45, 7) is 0.0846. The quantitative estimate of drug-likeness (QED) is 0.691. The molecule has 0 radical (unpaired) electrons. The minimum Gasteiger partial charge on any atom is -0.495 e. The zero-order chi connectivity index (χ0) is 13.9. The number of benzene rings is 1. The molecule has 0 amide bonds. The van der Waals surface area contributed by atoms with Crippen LogP contribution in [0.2, 0.25) is 0 Å². The van der Waals surface area contributed by atoms with E-state index < -0.39 is 10.0 Å². The third kappa shape index (κ3) is 3.04. The zero-order valence-electron chi connectivity index (χ0n) is 10.3. The lowest BCUT2D eigenvalue weighted by atomic mass is 10.3. The van der Waals surface area contributed by atoms with Crippen molar-refractivity contribution in [1.82, 2.24) is 14.7 Å². The number of H-pyrrole nitrogens is 1. The minimum atomic E-state index is -3.63. The minimum absolute atomic E-state index is 0.0809. The van der Waals surface area contributed by atoms with E-state index in [4.69, 9.17) is 10.5 Å². The number of aromatic nitrogens is 2. The molecule has 0 unspecified atom stereocenters. The van der Waals surface area contributed by atoms with E-state index in [1.165, 1.54) is 25.3 Å². The second kappa shape index (κ2) is 5.29. The SMILES string of the molecule is COc1ccc(S(=O)(=O)NCc2ncc[nH]2)cc1N. The molecule has 1 aromatic carbocycles. The number of aromatic amines is 1. The summed E-state index contributed by atoms with van der Waals surface area (Å²) in [6.07, 6.45) is 3.17. The maximum Gasteiger partial charge on any atom is 0.241 e. The molecule has 4 N–H and O–H groups in total. The van der Waals surface area contributed by atoms with Crippen LogP contribution in [0.4, 0.5) is 5.69 Å². The lowest BCUT2D eigenvalue weighted by Crippen LogP contribution is -2.23. The molecule has 0 bridgehead atoms. The number of nitrogens with two attached hydrogens (primary N) is 1. The highest BCUT2D eigenvalue weighted by molar-refractivity contribution is 7.89. The number of rotatable bonds is 5. The fourth-order valence-corrected chi connectivity index (χ4v) is 2.54. The molecule has 0 atom stereocenters. The first-order valence-corrected chi connectivity index (χ1v) is 6.92. The van der Waals surface area contributed by atoms with Crippen LogP contribution in [0, 0.1) is 0 Å². The van der Waals surface area contributed by atoms with Gasteiger partial charge in [0.1, 0.15) is 11.6 Å². The Labute approximate surface area is 110 Å². The molecule has 2 aromatic rings. The monoisotopic (exact) mass is 282 g/mol. The average molecular weight is 282 g/mol. The molecule has 7 nitrogen and oxygen atoms in total. The van der Waals surface area contributed by atoms with Gasteiger partial charge >= 0.3 is 0 Å². The first-order chi connectivity index (χ1) is 9.03. The van der Waals surface area contributed by atoms with E-state index in [1.807, 2.05) is 0 Å². The molecule has 0 aliphatic carbocycles. The summed E-state index contributed by atoms with van der Waals surface area (Å²) in [4.78, 5) is 6.82. The topological polar surface area (TPSA) is 110 Å². The Balaban J connectivity index is 2.17. The van der Waals surface area contributed by atoms with Crippen LogP contribution in [0.3, 0.4) is 0 Å². The van der Waals surface area contributed by atoms with E-state index in [2.05, 4.69) is 14.7 Å². The summed E-state index contributed by atoms with van der Waals surface area (Å²) in [5, 5.41) is 0. The van der Waals surface area contributed by atoms with Crippen LogP contribution in [0.25, 0.3) is 0 Å². The van der Waals surface area contributed by atoms with Crippen molar-refractivity contribution in [3.8, 4) is 5.75 Å². The molecule has 2 rings (SSSR count). The number of nitrogen functional groups attached to an aromatic ring is 1. The van der Waals surface area contributed by atoms with Crippen LogP contribution in [0.15, 0.2) is 35.5 Å². The Bertz CT molecular complexity index is 653. The molecule has 0 aliphatic heterocycles.